The zero-order valence-corrected chi connectivity index (χ0v) is 15.1. The minimum atomic E-state index is -3.50. The van der Waals surface area contributed by atoms with Crippen LogP contribution >= 0.6 is 12.4 Å². The Morgan fingerprint density at radius 3 is 2.09 bits per heavy atom. The van der Waals surface area contributed by atoms with Gasteiger partial charge in [-0.3, -0.25) is 4.79 Å². The quantitative estimate of drug-likeness (QED) is 0.867. The van der Waals surface area contributed by atoms with Gasteiger partial charge in [0.2, 0.25) is 15.9 Å². The highest BCUT2D eigenvalue weighted by molar-refractivity contribution is 7.89. The van der Waals surface area contributed by atoms with Crippen molar-refractivity contribution in [2.75, 3.05) is 32.7 Å². The lowest BCUT2D eigenvalue weighted by molar-refractivity contribution is -0.130. The number of amides is 1. The Morgan fingerprint density at radius 1 is 1.13 bits per heavy atom. The maximum atomic E-state index is 12.6. The van der Waals surface area contributed by atoms with Gasteiger partial charge in [-0.05, 0) is 23.6 Å². The normalized spacial score (nSPS) is 16.3. The Kier molecular flexibility index (Phi) is 7.01. The predicted octanol–water partition coefficient (Wildman–Crippen LogP) is 1.02. The summed E-state index contributed by atoms with van der Waals surface area (Å²) in [6, 6.07) is 7.02. The smallest absolute Gasteiger partial charge is 0.243 e. The van der Waals surface area contributed by atoms with Crippen LogP contribution in [0.4, 0.5) is 0 Å². The molecular weight excluding hydrogens is 338 g/mol. The van der Waals surface area contributed by atoms with Gasteiger partial charge in [0.15, 0.2) is 0 Å². The van der Waals surface area contributed by atoms with E-state index in [4.69, 9.17) is 5.73 Å². The summed E-state index contributed by atoms with van der Waals surface area (Å²) in [5, 5.41) is 0. The number of sulfonamides is 1. The SMILES string of the molecule is CC(C)c1ccc(S(=O)(=O)N2CCN(C(=O)CN)CC2)cc1.Cl. The highest BCUT2D eigenvalue weighted by atomic mass is 35.5. The molecule has 1 aromatic carbocycles. The van der Waals surface area contributed by atoms with Crippen LogP contribution in [0.2, 0.25) is 0 Å². The molecule has 1 aliphatic rings. The lowest BCUT2D eigenvalue weighted by Crippen LogP contribution is -2.51. The third-order valence-corrected chi connectivity index (χ3v) is 5.86. The van der Waals surface area contributed by atoms with Crippen LogP contribution in [0.5, 0.6) is 0 Å². The average molecular weight is 362 g/mol. The van der Waals surface area contributed by atoms with Crippen molar-refractivity contribution >= 4 is 28.3 Å². The van der Waals surface area contributed by atoms with E-state index < -0.39 is 10.0 Å². The molecule has 2 N–H and O–H groups in total. The van der Waals surface area contributed by atoms with Gasteiger partial charge >= 0.3 is 0 Å². The van der Waals surface area contributed by atoms with Crippen molar-refractivity contribution in [2.24, 2.45) is 5.73 Å². The van der Waals surface area contributed by atoms with Crippen molar-refractivity contribution in [3.63, 3.8) is 0 Å². The summed E-state index contributed by atoms with van der Waals surface area (Å²) >= 11 is 0. The first-order valence-electron chi connectivity index (χ1n) is 7.44. The van der Waals surface area contributed by atoms with E-state index in [1.165, 1.54) is 4.31 Å². The summed E-state index contributed by atoms with van der Waals surface area (Å²) in [7, 11) is -3.50. The highest BCUT2D eigenvalue weighted by Gasteiger charge is 2.29. The van der Waals surface area contributed by atoms with Crippen molar-refractivity contribution in [1.29, 1.82) is 0 Å². The van der Waals surface area contributed by atoms with E-state index in [1.54, 1.807) is 17.0 Å². The van der Waals surface area contributed by atoms with Crippen molar-refractivity contribution in [3.8, 4) is 0 Å². The molecule has 2 rings (SSSR count). The molecule has 1 heterocycles. The van der Waals surface area contributed by atoms with Gasteiger partial charge in [0, 0.05) is 26.2 Å². The van der Waals surface area contributed by atoms with Crippen molar-refractivity contribution in [3.05, 3.63) is 29.8 Å². The number of halogens is 1. The molecule has 0 radical (unpaired) electrons. The zero-order chi connectivity index (χ0) is 16.3. The van der Waals surface area contributed by atoms with Crippen LogP contribution in [0.25, 0.3) is 0 Å². The minimum Gasteiger partial charge on any atom is -0.339 e. The number of nitrogens with two attached hydrogens (primary N) is 1. The fourth-order valence-corrected chi connectivity index (χ4v) is 3.90. The first-order chi connectivity index (χ1) is 10.4. The first-order valence-corrected chi connectivity index (χ1v) is 8.88. The van der Waals surface area contributed by atoms with Gasteiger partial charge in [-0.1, -0.05) is 26.0 Å². The van der Waals surface area contributed by atoms with Crippen molar-refractivity contribution in [2.45, 2.75) is 24.7 Å². The summed E-state index contributed by atoms with van der Waals surface area (Å²) in [5.74, 6) is 0.223. The summed E-state index contributed by atoms with van der Waals surface area (Å²) in [4.78, 5) is 13.4. The Hall–Kier alpha value is -1.15. The number of carbonyl (C=O) groups is 1. The number of rotatable bonds is 4. The average Bonchev–Trinajstić information content (AvgIpc) is 2.54. The summed E-state index contributed by atoms with van der Waals surface area (Å²) in [6.07, 6.45) is 0. The Bertz CT molecular complexity index is 624. The molecular formula is C15H24ClN3O3S. The van der Waals surface area contributed by atoms with Gasteiger partial charge in [0.25, 0.3) is 0 Å². The van der Waals surface area contributed by atoms with Crippen LogP contribution in [0.15, 0.2) is 29.2 Å². The molecule has 0 bridgehead atoms. The molecule has 1 aliphatic heterocycles. The van der Waals surface area contributed by atoms with Gasteiger partial charge in [0.1, 0.15) is 0 Å². The van der Waals surface area contributed by atoms with E-state index in [-0.39, 0.29) is 24.9 Å². The summed E-state index contributed by atoms with van der Waals surface area (Å²) in [5.41, 5.74) is 6.44. The molecule has 0 aliphatic carbocycles. The molecule has 1 saturated heterocycles. The largest absolute Gasteiger partial charge is 0.339 e. The molecule has 1 fully saturated rings. The third-order valence-electron chi connectivity index (χ3n) is 3.95. The molecule has 0 aromatic heterocycles. The van der Waals surface area contributed by atoms with E-state index in [2.05, 4.69) is 13.8 Å². The maximum absolute atomic E-state index is 12.6. The van der Waals surface area contributed by atoms with Gasteiger partial charge in [0.05, 0.1) is 11.4 Å². The minimum absolute atomic E-state index is 0. The Labute approximate surface area is 144 Å². The fraction of sp³-hybridized carbons (Fsp3) is 0.533. The fourth-order valence-electron chi connectivity index (χ4n) is 2.48. The zero-order valence-electron chi connectivity index (χ0n) is 13.4. The van der Waals surface area contributed by atoms with Crippen LogP contribution in [0, 0.1) is 0 Å². The van der Waals surface area contributed by atoms with Crippen LogP contribution < -0.4 is 5.73 Å². The lowest BCUT2D eigenvalue weighted by Gasteiger charge is -2.33. The maximum Gasteiger partial charge on any atom is 0.243 e. The van der Waals surface area contributed by atoms with E-state index in [0.717, 1.165) is 5.56 Å². The van der Waals surface area contributed by atoms with E-state index in [9.17, 15) is 13.2 Å². The molecule has 1 aromatic rings. The van der Waals surface area contributed by atoms with E-state index >= 15 is 0 Å². The van der Waals surface area contributed by atoms with Crippen LogP contribution in [0.1, 0.15) is 25.3 Å². The van der Waals surface area contributed by atoms with E-state index in [1.807, 2.05) is 12.1 Å². The van der Waals surface area contributed by atoms with Crippen LogP contribution in [-0.2, 0) is 14.8 Å². The molecule has 0 unspecified atom stereocenters. The molecule has 0 saturated carbocycles. The molecule has 23 heavy (non-hydrogen) atoms. The van der Waals surface area contributed by atoms with Crippen molar-refractivity contribution < 1.29 is 13.2 Å². The standard InChI is InChI=1S/C15H23N3O3S.ClH/c1-12(2)13-3-5-14(6-4-13)22(20,21)18-9-7-17(8-10-18)15(19)11-16;/h3-6,12H,7-11,16H2,1-2H3;1H. The summed E-state index contributed by atoms with van der Waals surface area (Å²) < 4.78 is 26.7. The number of hydrogen-bond acceptors (Lipinski definition) is 4. The van der Waals surface area contributed by atoms with Gasteiger partial charge < -0.3 is 10.6 Å². The molecule has 0 atom stereocenters. The molecule has 1 amide bonds. The number of hydrogen-bond donors (Lipinski definition) is 1. The Morgan fingerprint density at radius 2 is 1.65 bits per heavy atom. The van der Waals surface area contributed by atoms with Crippen LogP contribution in [-0.4, -0.2) is 56.3 Å². The molecule has 6 nitrogen and oxygen atoms in total. The second-order valence-corrected chi connectivity index (χ2v) is 7.65. The monoisotopic (exact) mass is 361 g/mol. The molecule has 8 heteroatoms. The number of carbonyl (C=O) groups excluding carboxylic acids is 1. The predicted molar refractivity (Wildman–Crippen MR) is 92.2 cm³/mol. The van der Waals surface area contributed by atoms with Crippen LogP contribution in [0.3, 0.4) is 0 Å². The number of nitrogens with zero attached hydrogens (tertiary/aromatic N) is 2. The van der Waals surface area contributed by atoms with Crippen molar-refractivity contribution in [1.82, 2.24) is 9.21 Å². The van der Waals surface area contributed by atoms with E-state index in [0.29, 0.717) is 37.0 Å². The van der Waals surface area contributed by atoms with Gasteiger partial charge in [-0.25, -0.2) is 8.42 Å². The van der Waals surface area contributed by atoms with Gasteiger partial charge in [-0.2, -0.15) is 4.31 Å². The number of piperazine rings is 1. The van der Waals surface area contributed by atoms with Gasteiger partial charge in [-0.15, -0.1) is 12.4 Å². The molecule has 130 valence electrons. The first kappa shape index (κ1) is 19.9. The molecule has 0 spiro atoms. The third kappa shape index (κ3) is 4.44. The second kappa shape index (κ2) is 8.10. The number of benzene rings is 1. The summed E-state index contributed by atoms with van der Waals surface area (Å²) in [6.45, 7) is 5.48. The second-order valence-electron chi connectivity index (χ2n) is 5.71. The Balaban J connectivity index is 0.00000264. The topological polar surface area (TPSA) is 83.7 Å². The lowest BCUT2D eigenvalue weighted by atomic mass is 10.0. The highest BCUT2D eigenvalue weighted by Crippen LogP contribution is 2.21.